The molecule has 0 fully saturated rings. The van der Waals surface area contributed by atoms with Crippen molar-refractivity contribution in [1.29, 1.82) is 0 Å². The number of rotatable bonds is 3. The summed E-state index contributed by atoms with van der Waals surface area (Å²) in [7, 11) is 0. The Morgan fingerprint density at radius 2 is 2.06 bits per heavy atom. The second-order valence-corrected chi connectivity index (χ2v) is 4.31. The zero-order chi connectivity index (χ0) is 12.3. The highest BCUT2D eigenvalue weighted by molar-refractivity contribution is 5.82. The lowest BCUT2D eigenvalue weighted by molar-refractivity contribution is 0.655. The van der Waals surface area contributed by atoms with E-state index in [-0.39, 0.29) is 6.04 Å². The van der Waals surface area contributed by atoms with Crippen LogP contribution in [0, 0.1) is 0 Å². The van der Waals surface area contributed by atoms with Crippen LogP contribution in [0.15, 0.2) is 48.2 Å². The second kappa shape index (κ2) is 5.08. The summed E-state index contributed by atoms with van der Waals surface area (Å²) in [6, 6.07) is 10.1. The average Bonchev–Trinajstić information content (AvgIpc) is 2.35. The smallest absolute Gasteiger partial charge is 0.0705 e. The van der Waals surface area contributed by atoms with E-state index in [9.17, 15) is 0 Å². The molecule has 88 valence electrons. The first-order valence-electron chi connectivity index (χ1n) is 5.67. The Balaban J connectivity index is 2.57. The van der Waals surface area contributed by atoms with Crippen LogP contribution in [0.1, 0.15) is 25.5 Å². The summed E-state index contributed by atoms with van der Waals surface area (Å²) in [5.74, 6) is 5.63. The van der Waals surface area contributed by atoms with Gasteiger partial charge >= 0.3 is 0 Å². The highest BCUT2D eigenvalue weighted by Crippen LogP contribution is 2.23. The molecule has 1 aromatic heterocycles. The van der Waals surface area contributed by atoms with E-state index in [0.717, 1.165) is 16.5 Å². The number of aromatic nitrogens is 1. The number of para-hydroxylation sites is 1. The third-order valence-corrected chi connectivity index (χ3v) is 2.70. The van der Waals surface area contributed by atoms with E-state index < -0.39 is 0 Å². The van der Waals surface area contributed by atoms with Crippen LogP contribution in [0.5, 0.6) is 0 Å². The van der Waals surface area contributed by atoms with Gasteiger partial charge in [0.25, 0.3) is 0 Å². The monoisotopic (exact) mass is 227 g/mol. The van der Waals surface area contributed by atoms with Gasteiger partial charge in [-0.1, -0.05) is 29.8 Å². The number of fused-ring (bicyclic) bond motifs is 1. The van der Waals surface area contributed by atoms with Crippen molar-refractivity contribution in [3.63, 3.8) is 0 Å². The van der Waals surface area contributed by atoms with Crippen LogP contribution in [0.4, 0.5) is 0 Å². The maximum atomic E-state index is 5.63. The van der Waals surface area contributed by atoms with Crippen LogP contribution in [-0.2, 0) is 0 Å². The van der Waals surface area contributed by atoms with Gasteiger partial charge in [-0.15, -0.1) is 0 Å². The van der Waals surface area contributed by atoms with Crippen molar-refractivity contribution in [3.8, 4) is 0 Å². The first-order chi connectivity index (χ1) is 8.22. The Bertz CT molecular complexity index is 537. The van der Waals surface area contributed by atoms with Crippen molar-refractivity contribution in [1.82, 2.24) is 10.4 Å². The predicted molar refractivity (Wildman–Crippen MR) is 71.2 cm³/mol. The zero-order valence-corrected chi connectivity index (χ0v) is 10.1. The van der Waals surface area contributed by atoms with Gasteiger partial charge in [0.05, 0.1) is 11.6 Å². The van der Waals surface area contributed by atoms with Gasteiger partial charge < -0.3 is 0 Å². The van der Waals surface area contributed by atoms with Gasteiger partial charge in [-0.25, -0.2) is 5.43 Å². The van der Waals surface area contributed by atoms with Crippen molar-refractivity contribution < 1.29 is 0 Å². The van der Waals surface area contributed by atoms with Crippen molar-refractivity contribution in [2.45, 2.75) is 19.9 Å². The molecular weight excluding hydrogens is 210 g/mol. The molecule has 17 heavy (non-hydrogen) atoms. The minimum atomic E-state index is 0.0212. The summed E-state index contributed by atoms with van der Waals surface area (Å²) in [6.45, 7) is 4.13. The summed E-state index contributed by atoms with van der Waals surface area (Å²) in [5.41, 5.74) is 6.21. The Morgan fingerprint density at radius 3 is 2.76 bits per heavy atom. The van der Waals surface area contributed by atoms with Crippen LogP contribution in [0.3, 0.4) is 0 Å². The van der Waals surface area contributed by atoms with E-state index >= 15 is 0 Å². The lowest BCUT2D eigenvalue weighted by Gasteiger charge is -2.15. The largest absolute Gasteiger partial charge is 0.271 e. The molecule has 2 aromatic rings. The lowest BCUT2D eigenvalue weighted by Crippen LogP contribution is -2.27. The Labute approximate surface area is 101 Å². The predicted octanol–water partition coefficient (Wildman–Crippen LogP) is 2.71. The highest BCUT2D eigenvalue weighted by atomic mass is 15.2. The van der Waals surface area contributed by atoms with Gasteiger partial charge in [0.15, 0.2) is 0 Å². The van der Waals surface area contributed by atoms with Crippen molar-refractivity contribution >= 4 is 10.9 Å². The molecule has 0 amide bonds. The van der Waals surface area contributed by atoms with Gasteiger partial charge in [-0.2, -0.15) is 0 Å². The third kappa shape index (κ3) is 2.52. The molecule has 0 radical (unpaired) electrons. The molecule has 0 aliphatic heterocycles. The van der Waals surface area contributed by atoms with Gasteiger partial charge in [0.2, 0.25) is 0 Å². The minimum absolute atomic E-state index is 0.0212. The quantitative estimate of drug-likeness (QED) is 0.481. The molecule has 2 rings (SSSR count). The topological polar surface area (TPSA) is 50.9 Å². The van der Waals surface area contributed by atoms with E-state index in [2.05, 4.69) is 36.4 Å². The second-order valence-electron chi connectivity index (χ2n) is 4.31. The van der Waals surface area contributed by atoms with Gasteiger partial charge in [0.1, 0.15) is 0 Å². The molecule has 1 heterocycles. The number of pyridine rings is 1. The first kappa shape index (κ1) is 11.8. The molecule has 0 aliphatic carbocycles. The lowest BCUT2D eigenvalue weighted by atomic mass is 10.0. The summed E-state index contributed by atoms with van der Waals surface area (Å²) < 4.78 is 0. The molecule has 0 spiro atoms. The standard InChI is InChI=1S/C14H17N3/c1-10(2)9-14(17-15)12-7-8-16-13-6-4-3-5-11(12)13/h3-9,14,17H,15H2,1-2H3. The molecule has 0 aliphatic rings. The number of allylic oxidation sites excluding steroid dienone is 1. The fraction of sp³-hybridized carbons (Fsp3) is 0.214. The third-order valence-electron chi connectivity index (χ3n) is 2.70. The van der Waals surface area contributed by atoms with Crippen LogP contribution < -0.4 is 11.3 Å². The number of hydrogen-bond donors (Lipinski definition) is 2. The van der Waals surface area contributed by atoms with E-state index in [4.69, 9.17) is 5.84 Å². The minimum Gasteiger partial charge on any atom is -0.271 e. The van der Waals surface area contributed by atoms with Gasteiger partial charge in [-0.05, 0) is 31.5 Å². The Kier molecular flexibility index (Phi) is 3.52. The Morgan fingerprint density at radius 1 is 1.29 bits per heavy atom. The number of hydrogen-bond acceptors (Lipinski definition) is 3. The molecule has 3 heteroatoms. The number of nitrogens with one attached hydrogen (secondary N) is 1. The van der Waals surface area contributed by atoms with Crippen molar-refractivity contribution in [3.05, 3.63) is 53.7 Å². The maximum absolute atomic E-state index is 5.63. The molecule has 1 unspecified atom stereocenters. The first-order valence-corrected chi connectivity index (χ1v) is 5.67. The maximum Gasteiger partial charge on any atom is 0.0705 e. The molecule has 0 saturated heterocycles. The molecule has 3 nitrogen and oxygen atoms in total. The summed E-state index contributed by atoms with van der Waals surface area (Å²) in [5, 5.41) is 1.13. The Hall–Kier alpha value is -1.71. The van der Waals surface area contributed by atoms with E-state index in [1.165, 1.54) is 5.57 Å². The van der Waals surface area contributed by atoms with Crippen LogP contribution >= 0.6 is 0 Å². The van der Waals surface area contributed by atoms with E-state index in [1.54, 1.807) is 0 Å². The van der Waals surface area contributed by atoms with Crippen LogP contribution in [-0.4, -0.2) is 4.98 Å². The van der Waals surface area contributed by atoms with Crippen molar-refractivity contribution in [2.75, 3.05) is 0 Å². The fourth-order valence-corrected chi connectivity index (χ4v) is 1.95. The molecule has 1 aromatic carbocycles. The molecule has 0 bridgehead atoms. The average molecular weight is 227 g/mol. The fourth-order valence-electron chi connectivity index (χ4n) is 1.95. The molecule has 0 saturated carbocycles. The molecule has 3 N–H and O–H groups in total. The summed E-state index contributed by atoms with van der Waals surface area (Å²) in [4.78, 5) is 4.35. The van der Waals surface area contributed by atoms with Gasteiger partial charge in [0, 0.05) is 11.6 Å². The molecular formula is C14H17N3. The summed E-state index contributed by atoms with van der Waals surface area (Å²) >= 11 is 0. The van der Waals surface area contributed by atoms with E-state index in [1.807, 2.05) is 30.5 Å². The number of benzene rings is 1. The summed E-state index contributed by atoms with van der Waals surface area (Å²) in [6.07, 6.45) is 3.93. The highest BCUT2D eigenvalue weighted by Gasteiger charge is 2.10. The number of nitrogens with two attached hydrogens (primary N) is 1. The van der Waals surface area contributed by atoms with Gasteiger partial charge in [-0.3, -0.25) is 10.8 Å². The number of nitrogens with zero attached hydrogens (tertiary/aromatic N) is 1. The number of hydrazine groups is 1. The van der Waals surface area contributed by atoms with Crippen LogP contribution in [0.25, 0.3) is 10.9 Å². The van der Waals surface area contributed by atoms with E-state index in [0.29, 0.717) is 0 Å². The SMILES string of the molecule is CC(C)=CC(NN)c1ccnc2ccccc12. The molecule has 1 atom stereocenters. The normalized spacial score (nSPS) is 12.4. The zero-order valence-electron chi connectivity index (χ0n) is 10.1. The van der Waals surface area contributed by atoms with Crippen molar-refractivity contribution in [2.24, 2.45) is 5.84 Å². The van der Waals surface area contributed by atoms with Crippen LogP contribution in [0.2, 0.25) is 0 Å².